The van der Waals surface area contributed by atoms with Crippen LogP contribution in [0, 0.1) is 0 Å². The van der Waals surface area contributed by atoms with Crippen molar-refractivity contribution in [1.29, 1.82) is 0 Å². The average Bonchev–Trinajstić information content (AvgIpc) is 3.03. The van der Waals surface area contributed by atoms with E-state index in [1.807, 2.05) is 30.5 Å². The molecular formula is C22H22N4. The summed E-state index contributed by atoms with van der Waals surface area (Å²) < 4.78 is 2.16. The van der Waals surface area contributed by atoms with Crippen LogP contribution in [-0.4, -0.2) is 14.5 Å². The number of aromatic nitrogens is 3. The smallest absolute Gasteiger partial charge is 0.123 e. The number of para-hydroxylation sites is 2. The van der Waals surface area contributed by atoms with Gasteiger partial charge < -0.3 is 9.88 Å². The Kier molecular flexibility index (Phi) is 4.75. The molecule has 0 unspecified atom stereocenters. The van der Waals surface area contributed by atoms with Gasteiger partial charge in [-0.3, -0.25) is 4.98 Å². The summed E-state index contributed by atoms with van der Waals surface area (Å²) in [6.07, 6.45) is 2.69. The van der Waals surface area contributed by atoms with Gasteiger partial charge in [-0.05, 0) is 29.8 Å². The summed E-state index contributed by atoms with van der Waals surface area (Å²) in [5.74, 6) is 1.04. The molecule has 4 aromatic rings. The maximum atomic E-state index is 4.77. The number of hydrogen-bond donors (Lipinski definition) is 1. The lowest BCUT2D eigenvalue weighted by molar-refractivity contribution is 0.509. The molecule has 0 amide bonds. The van der Waals surface area contributed by atoms with E-state index in [1.165, 1.54) is 5.56 Å². The molecule has 0 aliphatic carbocycles. The molecule has 2 aromatic heterocycles. The number of nitrogens with one attached hydrogen (secondary N) is 1. The summed E-state index contributed by atoms with van der Waals surface area (Å²) in [6.45, 7) is 0.706. The van der Waals surface area contributed by atoms with E-state index in [1.54, 1.807) is 0 Å². The Balaban J connectivity index is 1.57. The van der Waals surface area contributed by atoms with Crippen molar-refractivity contribution in [2.75, 3.05) is 0 Å². The third-order valence-electron chi connectivity index (χ3n) is 4.73. The first kappa shape index (κ1) is 16.5. The molecule has 1 N–H and O–H groups in total. The Morgan fingerprint density at radius 2 is 1.69 bits per heavy atom. The molecule has 4 rings (SSSR count). The molecule has 26 heavy (non-hydrogen) atoms. The molecule has 4 nitrogen and oxygen atoms in total. The van der Waals surface area contributed by atoms with E-state index in [0.717, 1.165) is 29.0 Å². The van der Waals surface area contributed by atoms with Gasteiger partial charge in [0, 0.05) is 31.4 Å². The molecule has 0 aliphatic heterocycles. The Morgan fingerprint density at radius 3 is 2.46 bits per heavy atom. The molecule has 2 heterocycles. The highest BCUT2D eigenvalue weighted by molar-refractivity contribution is 5.75. The molecule has 0 spiro atoms. The normalized spacial score (nSPS) is 12.3. The van der Waals surface area contributed by atoms with E-state index in [4.69, 9.17) is 4.98 Å². The predicted octanol–water partition coefficient (Wildman–Crippen LogP) is 4.04. The van der Waals surface area contributed by atoms with Crippen molar-refractivity contribution < 1.29 is 0 Å². The molecule has 130 valence electrons. The average molecular weight is 342 g/mol. The Morgan fingerprint density at radius 1 is 0.923 bits per heavy atom. The van der Waals surface area contributed by atoms with Crippen molar-refractivity contribution in [3.05, 3.63) is 96.1 Å². The zero-order valence-electron chi connectivity index (χ0n) is 14.8. The number of benzene rings is 2. The maximum Gasteiger partial charge on any atom is 0.123 e. The first-order chi connectivity index (χ1) is 12.8. The summed E-state index contributed by atoms with van der Waals surface area (Å²) in [5, 5.41) is 3.68. The van der Waals surface area contributed by atoms with Gasteiger partial charge in [0.1, 0.15) is 5.82 Å². The molecule has 4 heteroatoms. The van der Waals surface area contributed by atoms with E-state index in [0.29, 0.717) is 6.54 Å². The first-order valence-electron chi connectivity index (χ1n) is 8.90. The molecule has 0 bridgehead atoms. The topological polar surface area (TPSA) is 42.7 Å². The van der Waals surface area contributed by atoms with Crippen molar-refractivity contribution in [3.63, 3.8) is 0 Å². The second-order valence-electron chi connectivity index (χ2n) is 6.45. The van der Waals surface area contributed by atoms with Gasteiger partial charge in [0.25, 0.3) is 0 Å². The second-order valence-corrected chi connectivity index (χ2v) is 6.45. The Bertz CT molecular complexity index is 977. The van der Waals surface area contributed by atoms with E-state index in [-0.39, 0.29) is 6.04 Å². The summed E-state index contributed by atoms with van der Waals surface area (Å²) in [6, 6.07) is 25.0. The fourth-order valence-electron chi connectivity index (χ4n) is 3.29. The fourth-order valence-corrected chi connectivity index (χ4v) is 3.29. The fraction of sp³-hybridized carbons (Fsp3) is 0.182. The standard InChI is InChI=1S/C22H22N4/c1-26-21-13-6-5-12-19(21)25-22(26)16-24-20(17-9-3-2-4-10-17)15-18-11-7-8-14-23-18/h2-14,20,24H,15-16H2,1H3/t20-/m1/s1. The van der Waals surface area contributed by atoms with Crippen molar-refractivity contribution in [2.45, 2.75) is 19.0 Å². The number of pyridine rings is 1. The van der Waals surface area contributed by atoms with Crippen LogP contribution in [0.15, 0.2) is 79.0 Å². The van der Waals surface area contributed by atoms with Gasteiger partial charge in [-0.1, -0.05) is 48.5 Å². The van der Waals surface area contributed by atoms with Gasteiger partial charge in [-0.15, -0.1) is 0 Å². The quantitative estimate of drug-likeness (QED) is 0.575. The third-order valence-corrected chi connectivity index (χ3v) is 4.73. The van der Waals surface area contributed by atoms with E-state index in [2.05, 4.69) is 70.4 Å². The van der Waals surface area contributed by atoms with E-state index < -0.39 is 0 Å². The highest BCUT2D eigenvalue weighted by atomic mass is 15.1. The lowest BCUT2D eigenvalue weighted by Gasteiger charge is -2.19. The van der Waals surface area contributed by atoms with Gasteiger partial charge >= 0.3 is 0 Å². The van der Waals surface area contributed by atoms with Crippen molar-refractivity contribution >= 4 is 11.0 Å². The summed E-state index contributed by atoms with van der Waals surface area (Å²) in [4.78, 5) is 9.26. The van der Waals surface area contributed by atoms with Crippen molar-refractivity contribution in [3.8, 4) is 0 Å². The predicted molar refractivity (Wildman–Crippen MR) is 105 cm³/mol. The van der Waals surface area contributed by atoms with E-state index in [9.17, 15) is 0 Å². The summed E-state index contributed by atoms with van der Waals surface area (Å²) in [5.41, 5.74) is 4.54. The summed E-state index contributed by atoms with van der Waals surface area (Å²) in [7, 11) is 2.07. The lowest BCUT2D eigenvalue weighted by atomic mass is 10.0. The van der Waals surface area contributed by atoms with Crippen molar-refractivity contribution in [2.24, 2.45) is 7.05 Å². The second kappa shape index (κ2) is 7.50. The minimum absolute atomic E-state index is 0.186. The van der Waals surface area contributed by atoms with Crippen LogP contribution in [0.4, 0.5) is 0 Å². The molecule has 0 fully saturated rings. The Hall–Kier alpha value is -2.98. The van der Waals surface area contributed by atoms with E-state index >= 15 is 0 Å². The molecule has 2 aromatic carbocycles. The van der Waals surface area contributed by atoms with Gasteiger partial charge in [0.15, 0.2) is 0 Å². The zero-order chi connectivity index (χ0) is 17.8. The monoisotopic (exact) mass is 342 g/mol. The van der Waals surface area contributed by atoms with Crippen LogP contribution in [0.3, 0.4) is 0 Å². The number of hydrogen-bond acceptors (Lipinski definition) is 3. The first-order valence-corrected chi connectivity index (χ1v) is 8.90. The maximum absolute atomic E-state index is 4.77. The SMILES string of the molecule is Cn1c(CN[C@H](Cc2ccccn2)c2ccccc2)nc2ccccc21. The highest BCUT2D eigenvalue weighted by Crippen LogP contribution is 2.19. The van der Waals surface area contributed by atoms with Crippen LogP contribution in [0.1, 0.15) is 23.1 Å². The molecule has 0 saturated heterocycles. The minimum Gasteiger partial charge on any atom is -0.330 e. The van der Waals surface area contributed by atoms with Crippen LogP contribution in [-0.2, 0) is 20.0 Å². The number of fused-ring (bicyclic) bond motifs is 1. The van der Waals surface area contributed by atoms with Crippen LogP contribution >= 0.6 is 0 Å². The van der Waals surface area contributed by atoms with Crippen LogP contribution in [0.2, 0.25) is 0 Å². The highest BCUT2D eigenvalue weighted by Gasteiger charge is 2.14. The van der Waals surface area contributed by atoms with Crippen LogP contribution < -0.4 is 5.32 Å². The van der Waals surface area contributed by atoms with Crippen LogP contribution in [0.25, 0.3) is 11.0 Å². The summed E-state index contributed by atoms with van der Waals surface area (Å²) >= 11 is 0. The van der Waals surface area contributed by atoms with Gasteiger partial charge in [-0.2, -0.15) is 0 Å². The number of imidazole rings is 1. The number of nitrogens with zero attached hydrogens (tertiary/aromatic N) is 3. The number of aryl methyl sites for hydroxylation is 1. The lowest BCUT2D eigenvalue weighted by Crippen LogP contribution is -2.24. The molecule has 0 aliphatic rings. The van der Waals surface area contributed by atoms with Gasteiger partial charge in [0.05, 0.1) is 17.6 Å². The Labute approximate surface area is 153 Å². The van der Waals surface area contributed by atoms with Gasteiger partial charge in [-0.25, -0.2) is 4.98 Å². The molecule has 0 radical (unpaired) electrons. The largest absolute Gasteiger partial charge is 0.330 e. The van der Waals surface area contributed by atoms with Crippen molar-refractivity contribution in [1.82, 2.24) is 19.9 Å². The molecular weight excluding hydrogens is 320 g/mol. The third kappa shape index (κ3) is 3.51. The number of rotatable bonds is 6. The molecule has 1 atom stereocenters. The van der Waals surface area contributed by atoms with Gasteiger partial charge in [0.2, 0.25) is 0 Å². The zero-order valence-corrected chi connectivity index (χ0v) is 14.8. The molecule has 0 saturated carbocycles. The van der Waals surface area contributed by atoms with Crippen LogP contribution in [0.5, 0.6) is 0 Å². The minimum atomic E-state index is 0.186.